The van der Waals surface area contributed by atoms with Crippen molar-refractivity contribution in [1.29, 1.82) is 0 Å². The minimum absolute atomic E-state index is 0.0202. The molecule has 1 heterocycles. The van der Waals surface area contributed by atoms with Crippen LogP contribution in [-0.4, -0.2) is 11.2 Å². The summed E-state index contributed by atoms with van der Waals surface area (Å²) in [5.74, 6) is 0. The number of nitro groups is 1. The van der Waals surface area contributed by atoms with E-state index in [-0.39, 0.29) is 12.3 Å². The Labute approximate surface area is 79.4 Å². The molecule has 14 heavy (non-hydrogen) atoms. The van der Waals surface area contributed by atoms with Gasteiger partial charge in [-0.15, -0.1) is 0 Å². The van der Waals surface area contributed by atoms with Gasteiger partial charge in [0.25, 0.3) is 5.69 Å². The van der Waals surface area contributed by atoms with Crippen LogP contribution in [0.4, 0.5) is 5.69 Å². The number of fused-ring (bicyclic) bond motifs is 1. The molecular formula is C9H7NO4. The maximum absolute atomic E-state index is 10.6. The Hall–Kier alpha value is -1.75. The Morgan fingerprint density at radius 2 is 2.36 bits per heavy atom. The molecule has 5 heteroatoms. The summed E-state index contributed by atoms with van der Waals surface area (Å²) < 4.78 is 5.09. The van der Waals surface area contributed by atoms with E-state index in [0.29, 0.717) is 17.4 Å². The fourth-order valence-corrected chi connectivity index (χ4v) is 1.56. The molecule has 0 fully saturated rings. The molecule has 0 bridgehead atoms. The van der Waals surface area contributed by atoms with Crippen LogP contribution in [-0.2, 0) is 16.1 Å². The van der Waals surface area contributed by atoms with E-state index in [1.54, 1.807) is 12.1 Å². The van der Waals surface area contributed by atoms with Gasteiger partial charge in [-0.2, -0.15) is 0 Å². The van der Waals surface area contributed by atoms with Gasteiger partial charge in [0, 0.05) is 11.6 Å². The van der Waals surface area contributed by atoms with Gasteiger partial charge in [0.2, 0.25) is 0 Å². The standard InChI is InChI=1S/C9H7NO4/c11-4-9-6-2-1-3-8(10(12)13)7(6)5-14-9/h1-4,9H,5H2. The molecule has 0 amide bonds. The second kappa shape index (κ2) is 3.19. The number of benzene rings is 1. The summed E-state index contributed by atoms with van der Waals surface area (Å²) in [7, 11) is 0. The van der Waals surface area contributed by atoms with E-state index < -0.39 is 11.0 Å². The lowest BCUT2D eigenvalue weighted by atomic mass is 10.0. The fourth-order valence-electron chi connectivity index (χ4n) is 1.56. The molecule has 2 rings (SSSR count). The third-order valence-electron chi connectivity index (χ3n) is 2.22. The molecular weight excluding hydrogens is 186 g/mol. The van der Waals surface area contributed by atoms with Gasteiger partial charge in [0.15, 0.2) is 6.29 Å². The minimum atomic E-state index is -0.648. The zero-order chi connectivity index (χ0) is 10.1. The van der Waals surface area contributed by atoms with Gasteiger partial charge in [-0.3, -0.25) is 10.1 Å². The lowest BCUT2D eigenvalue weighted by Gasteiger charge is -2.00. The van der Waals surface area contributed by atoms with Crippen molar-refractivity contribution in [2.24, 2.45) is 0 Å². The summed E-state index contributed by atoms with van der Waals surface area (Å²) >= 11 is 0. The van der Waals surface area contributed by atoms with Gasteiger partial charge in [0.1, 0.15) is 6.10 Å². The smallest absolute Gasteiger partial charge is 0.275 e. The van der Waals surface area contributed by atoms with Crippen LogP contribution in [0.3, 0.4) is 0 Å². The molecule has 72 valence electrons. The SMILES string of the molecule is O=CC1OCc2c1cccc2[N+](=O)[O-]. The molecule has 1 unspecified atom stereocenters. The van der Waals surface area contributed by atoms with Crippen molar-refractivity contribution in [2.75, 3.05) is 0 Å². The summed E-state index contributed by atoms with van der Waals surface area (Å²) in [6.45, 7) is 0.135. The summed E-state index contributed by atoms with van der Waals surface area (Å²) in [4.78, 5) is 20.7. The van der Waals surface area contributed by atoms with Crippen LogP contribution in [0.5, 0.6) is 0 Å². The van der Waals surface area contributed by atoms with Gasteiger partial charge < -0.3 is 9.53 Å². The second-order valence-corrected chi connectivity index (χ2v) is 2.97. The van der Waals surface area contributed by atoms with Crippen LogP contribution < -0.4 is 0 Å². The van der Waals surface area contributed by atoms with Gasteiger partial charge >= 0.3 is 0 Å². The minimum Gasteiger partial charge on any atom is -0.361 e. The molecule has 0 radical (unpaired) electrons. The highest BCUT2D eigenvalue weighted by Gasteiger charge is 2.28. The molecule has 1 aromatic rings. The molecule has 0 aliphatic carbocycles. The first-order chi connectivity index (χ1) is 6.74. The first-order valence-corrected chi connectivity index (χ1v) is 4.07. The van der Waals surface area contributed by atoms with Gasteiger partial charge in [-0.25, -0.2) is 0 Å². The van der Waals surface area contributed by atoms with Crippen LogP contribution in [0.25, 0.3) is 0 Å². The zero-order valence-corrected chi connectivity index (χ0v) is 7.17. The number of nitrogens with zero attached hydrogens (tertiary/aromatic N) is 1. The number of ether oxygens (including phenoxy) is 1. The topological polar surface area (TPSA) is 69.4 Å². The molecule has 1 aliphatic rings. The van der Waals surface area contributed by atoms with Gasteiger partial charge in [-0.05, 0) is 0 Å². The predicted octanol–water partition coefficient (Wildman–Crippen LogP) is 1.36. The normalized spacial score (nSPS) is 19.0. The Morgan fingerprint density at radius 3 is 3.00 bits per heavy atom. The Balaban J connectivity index is 2.55. The summed E-state index contributed by atoms with van der Waals surface area (Å²) in [6.07, 6.45) is 0.000131. The molecule has 0 N–H and O–H groups in total. The van der Waals surface area contributed by atoms with Crippen LogP contribution in [0.15, 0.2) is 18.2 Å². The molecule has 0 aromatic heterocycles. The van der Waals surface area contributed by atoms with Crippen LogP contribution >= 0.6 is 0 Å². The monoisotopic (exact) mass is 193 g/mol. The lowest BCUT2D eigenvalue weighted by Crippen LogP contribution is -1.97. The first kappa shape index (κ1) is 8.83. The first-order valence-electron chi connectivity index (χ1n) is 4.07. The third kappa shape index (κ3) is 1.18. The van der Waals surface area contributed by atoms with Crippen molar-refractivity contribution in [2.45, 2.75) is 12.7 Å². The third-order valence-corrected chi connectivity index (χ3v) is 2.22. The zero-order valence-electron chi connectivity index (χ0n) is 7.17. The van der Waals surface area contributed by atoms with E-state index in [0.717, 1.165) is 0 Å². The van der Waals surface area contributed by atoms with E-state index in [1.807, 2.05) is 0 Å². The number of rotatable bonds is 2. The highest BCUT2D eigenvalue weighted by atomic mass is 16.6. The molecule has 0 saturated carbocycles. The molecule has 0 spiro atoms. The number of carbonyl (C=O) groups is 1. The summed E-state index contributed by atoms with van der Waals surface area (Å²) in [5, 5.41) is 10.6. The average molecular weight is 193 g/mol. The van der Waals surface area contributed by atoms with Crippen molar-refractivity contribution in [3.05, 3.63) is 39.4 Å². The number of nitro benzene ring substituents is 1. The van der Waals surface area contributed by atoms with Crippen molar-refractivity contribution >= 4 is 12.0 Å². The Bertz CT molecular complexity index is 402. The largest absolute Gasteiger partial charge is 0.361 e. The molecule has 1 aliphatic heterocycles. The van der Waals surface area contributed by atoms with Crippen LogP contribution in [0.1, 0.15) is 17.2 Å². The van der Waals surface area contributed by atoms with Crippen LogP contribution in [0.2, 0.25) is 0 Å². The molecule has 0 saturated heterocycles. The van der Waals surface area contributed by atoms with Crippen molar-refractivity contribution in [3.63, 3.8) is 0 Å². The van der Waals surface area contributed by atoms with Crippen molar-refractivity contribution in [3.8, 4) is 0 Å². The molecule has 1 aromatic carbocycles. The van der Waals surface area contributed by atoms with Crippen molar-refractivity contribution < 1.29 is 14.5 Å². The van der Waals surface area contributed by atoms with Gasteiger partial charge in [0.05, 0.1) is 17.1 Å². The maximum Gasteiger partial charge on any atom is 0.275 e. The lowest BCUT2D eigenvalue weighted by molar-refractivity contribution is -0.385. The van der Waals surface area contributed by atoms with E-state index in [9.17, 15) is 14.9 Å². The fraction of sp³-hybridized carbons (Fsp3) is 0.222. The molecule has 1 atom stereocenters. The number of carbonyl (C=O) groups excluding carboxylic acids is 1. The predicted molar refractivity (Wildman–Crippen MR) is 46.7 cm³/mol. The number of aldehydes is 1. The average Bonchev–Trinajstić information content (AvgIpc) is 2.59. The van der Waals surface area contributed by atoms with E-state index in [4.69, 9.17) is 4.74 Å². The highest BCUT2D eigenvalue weighted by Crippen LogP contribution is 2.34. The second-order valence-electron chi connectivity index (χ2n) is 2.97. The quantitative estimate of drug-likeness (QED) is 0.404. The Morgan fingerprint density at radius 1 is 1.57 bits per heavy atom. The highest BCUT2D eigenvalue weighted by molar-refractivity contribution is 5.64. The van der Waals surface area contributed by atoms with Crippen molar-refractivity contribution in [1.82, 2.24) is 0 Å². The van der Waals surface area contributed by atoms with E-state index >= 15 is 0 Å². The molecule has 5 nitrogen and oxygen atoms in total. The van der Waals surface area contributed by atoms with E-state index in [1.165, 1.54) is 6.07 Å². The maximum atomic E-state index is 10.6. The number of hydrogen-bond acceptors (Lipinski definition) is 4. The van der Waals surface area contributed by atoms with Gasteiger partial charge in [-0.1, -0.05) is 12.1 Å². The number of hydrogen-bond donors (Lipinski definition) is 0. The summed E-state index contributed by atoms with van der Waals surface area (Å²) in [6, 6.07) is 4.64. The summed E-state index contributed by atoms with van der Waals surface area (Å²) in [5.41, 5.74) is 1.13. The van der Waals surface area contributed by atoms with E-state index in [2.05, 4.69) is 0 Å². The van der Waals surface area contributed by atoms with Crippen LogP contribution in [0, 0.1) is 10.1 Å². The Kier molecular flexibility index (Phi) is 2.01.